The summed E-state index contributed by atoms with van der Waals surface area (Å²) in [6.07, 6.45) is 4.07. The molecule has 2 heterocycles. The molecule has 5 heteroatoms. The van der Waals surface area contributed by atoms with Crippen molar-refractivity contribution in [3.8, 4) is 0 Å². The summed E-state index contributed by atoms with van der Waals surface area (Å²) < 4.78 is 0. The molecule has 1 aromatic heterocycles. The highest BCUT2D eigenvalue weighted by Crippen LogP contribution is 2.39. The Kier molecular flexibility index (Phi) is 3.50. The Hall–Kier alpha value is -0.540. The summed E-state index contributed by atoms with van der Waals surface area (Å²) in [4.78, 5) is 2.31. The predicted octanol–water partition coefficient (Wildman–Crippen LogP) is 3.80. The minimum absolute atomic E-state index is 0.218. The molecule has 1 fully saturated rings. The fourth-order valence-electron chi connectivity index (χ4n) is 2.50. The lowest BCUT2D eigenvalue weighted by molar-refractivity contribution is 0.320. The summed E-state index contributed by atoms with van der Waals surface area (Å²) in [5.74, 6) is 0. The second-order valence-electron chi connectivity index (χ2n) is 5.55. The molecule has 1 aromatic rings. The van der Waals surface area contributed by atoms with Gasteiger partial charge in [0, 0.05) is 12.6 Å². The Labute approximate surface area is 112 Å². The normalized spacial score (nSPS) is 21.0. The SMILES string of the molecule is CC(C)(C)[C@H]1CCCN1c1cnnc(Cl)c1Cl. The average molecular weight is 274 g/mol. The van der Waals surface area contributed by atoms with E-state index in [2.05, 4.69) is 35.9 Å². The van der Waals surface area contributed by atoms with Gasteiger partial charge in [0.05, 0.1) is 11.9 Å². The predicted molar refractivity (Wildman–Crippen MR) is 71.9 cm³/mol. The number of rotatable bonds is 1. The van der Waals surface area contributed by atoms with Crippen molar-refractivity contribution in [2.45, 2.75) is 39.7 Å². The number of anilines is 1. The van der Waals surface area contributed by atoms with Crippen LogP contribution in [0.15, 0.2) is 6.20 Å². The molecule has 3 nitrogen and oxygen atoms in total. The number of hydrogen-bond acceptors (Lipinski definition) is 3. The van der Waals surface area contributed by atoms with Gasteiger partial charge in [-0.05, 0) is 18.3 Å². The van der Waals surface area contributed by atoms with E-state index >= 15 is 0 Å². The maximum atomic E-state index is 6.21. The third-order valence-electron chi connectivity index (χ3n) is 3.29. The molecule has 1 atom stereocenters. The van der Waals surface area contributed by atoms with Crippen LogP contribution < -0.4 is 4.90 Å². The van der Waals surface area contributed by atoms with Gasteiger partial charge in [-0.3, -0.25) is 0 Å². The molecule has 94 valence electrons. The molecular weight excluding hydrogens is 257 g/mol. The highest BCUT2D eigenvalue weighted by molar-refractivity contribution is 6.42. The van der Waals surface area contributed by atoms with Crippen LogP contribution in [0.5, 0.6) is 0 Å². The van der Waals surface area contributed by atoms with Crippen molar-refractivity contribution in [1.29, 1.82) is 0 Å². The van der Waals surface area contributed by atoms with E-state index in [9.17, 15) is 0 Å². The van der Waals surface area contributed by atoms with E-state index < -0.39 is 0 Å². The second-order valence-corrected chi connectivity index (χ2v) is 6.29. The summed E-state index contributed by atoms with van der Waals surface area (Å²) in [5.41, 5.74) is 1.12. The fourth-order valence-corrected chi connectivity index (χ4v) is 2.83. The number of hydrogen-bond donors (Lipinski definition) is 0. The molecule has 0 aromatic carbocycles. The van der Waals surface area contributed by atoms with Crippen molar-refractivity contribution < 1.29 is 0 Å². The van der Waals surface area contributed by atoms with Gasteiger partial charge >= 0.3 is 0 Å². The van der Waals surface area contributed by atoms with Crippen LogP contribution in [0.3, 0.4) is 0 Å². The Morgan fingerprint density at radius 2 is 2.06 bits per heavy atom. The highest BCUT2D eigenvalue weighted by Gasteiger charge is 2.35. The first-order valence-electron chi connectivity index (χ1n) is 5.84. The summed E-state index contributed by atoms with van der Waals surface area (Å²) in [6.45, 7) is 7.75. The van der Waals surface area contributed by atoms with Gasteiger partial charge in [-0.2, -0.15) is 5.10 Å². The molecule has 1 aliphatic rings. The molecule has 0 N–H and O–H groups in total. The summed E-state index contributed by atoms with van der Waals surface area (Å²) in [7, 11) is 0. The lowest BCUT2D eigenvalue weighted by atomic mass is 9.85. The molecule has 0 amide bonds. The smallest absolute Gasteiger partial charge is 0.172 e. The highest BCUT2D eigenvalue weighted by atomic mass is 35.5. The maximum Gasteiger partial charge on any atom is 0.172 e. The van der Waals surface area contributed by atoms with Crippen LogP contribution in [-0.2, 0) is 0 Å². The fraction of sp³-hybridized carbons (Fsp3) is 0.667. The van der Waals surface area contributed by atoms with Crippen LogP contribution in [0, 0.1) is 5.41 Å². The molecule has 1 aliphatic heterocycles. The standard InChI is InChI=1S/C12H17Cl2N3/c1-12(2,3)9-5-4-6-17(9)8-7-15-16-11(14)10(8)13/h7,9H,4-6H2,1-3H3/t9-/m1/s1. The molecule has 0 spiro atoms. The van der Waals surface area contributed by atoms with Crippen LogP contribution in [-0.4, -0.2) is 22.8 Å². The lowest BCUT2D eigenvalue weighted by Gasteiger charge is -2.36. The topological polar surface area (TPSA) is 29.0 Å². The molecule has 0 radical (unpaired) electrons. The zero-order valence-corrected chi connectivity index (χ0v) is 11.9. The molecule has 1 saturated heterocycles. The van der Waals surface area contributed by atoms with E-state index in [1.165, 1.54) is 12.8 Å². The van der Waals surface area contributed by atoms with Crippen molar-refractivity contribution in [3.63, 3.8) is 0 Å². The van der Waals surface area contributed by atoms with Crippen LogP contribution in [0.25, 0.3) is 0 Å². The van der Waals surface area contributed by atoms with Crippen LogP contribution in [0.4, 0.5) is 5.69 Å². The van der Waals surface area contributed by atoms with Crippen molar-refractivity contribution in [2.75, 3.05) is 11.4 Å². The Morgan fingerprint density at radius 3 is 2.71 bits per heavy atom. The van der Waals surface area contributed by atoms with E-state index in [-0.39, 0.29) is 10.6 Å². The molecule has 0 aliphatic carbocycles. The Bertz CT molecular complexity index is 415. The van der Waals surface area contributed by atoms with Crippen molar-refractivity contribution in [3.05, 3.63) is 16.4 Å². The number of halogens is 2. The van der Waals surface area contributed by atoms with Crippen molar-refractivity contribution in [1.82, 2.24) is 10.2 Å². The van der Waals surface area contributed by atoms with Gasteiger partial charge in [0.25, 0.3) is 0 Å². The van der Waals surface area contributed by atoms with Crippen LogP contribution >= 0.6 is 23.2 Å². The maximum absolute atomic E-state index is 6.21. The van der Waals surface area contributed by atoms with Crippen LogP contribution in [0.2, 0.25) is 10.2 Å². The van der Waals surface area contributed by atoms with E-state index in [1.54, 1.807) is 6.20 Å². The first kappa shape index (κ1) is 12.9. The number of nitrogens with zero attached hydrogens (tertiary/aromatic N) is 3. The van der Waals surface area contributed by atoms with Gasteiger partial charge in [0.15, 0.2) is 5.15 Å². The van der Waals surface area contributed by atoms with E-state index in [1.807, 2.05) is 0 Å². The molecule has 17 heavy (non-hydrogen) atoms. The van der Waals surface area contributed by atoms with Gasteiger partial charge in [-0.25, -0.2) is 0 Å². The van der Waals surface area contributed by atoms with E-state index in [0.717, 1.165) is 12.2 Å². The lowest BCUT2D eigenvalue weighted by Crippen LogP contribution is -2.39. The molecule has 0 bridgehead atoms. The molecule has 0 saturated carbocycles. The summed E-state index contributed by atoms with van der Waals surface area (Å²) >= 11 is 12.1. The van der Waals surface area contributed by atoms with Crippen LogP contribution in [0.1, 0.15) is 33.6 Å². The average Bonchev–Trinajstić information content (AvgIpc) is 2.70. The minimum Gasteiger partial charge on any atom is -0.365 e. The minimum atomic E-state index is 0.218. The van der Waals surface area contributed by atoms with Gasteiger partial charge < -0.3 is 4.90 Å². The number of aromatic nitrogens is 2. The largest absolute Gasteiger partial charge is 0.365 e. The quantitative estimate of drug-likeness (QED) is 0.780. The van der Waals surface area contributed by atoms with Gasteiger partial charge in [0.2, 0.25) is 0 Å². The summed E-state index contributed by atoms with van der Waals surface area (Å²) in [5, 5.41) is 8.45. The zero-order valence-electron chi connectivity index (χ0n) is 10.4. The van der Waals surface area contributed by atoms with Gasteiger partial charge in [-0.1, -0.05) is 44.0 Å². The third-order valence-corrected chi connectivity index (χ3v) is 4.03. The van der Waals surface area contributed by atoms with E-state index in [4.69, 9.17) is 23.2 Å². The van der Waals surface area contributed by atoms with Gasteiger partial charge in [-0.15, -0.1) is 5.10 Å². The monoisotopic (exact) mass is 273 g/mol. The molecule has 2 rings (SSSR count). The summed E-state index contributed by atoms with van der Waals surface area (Å²) in [6, 6.07) is 0.472. The van der Waals surface area contributed by atoms with Gasteiger partial charge in [0.1, 0.15) is 5.02 Å². The van der Waals surface area contributed by atoms with E-state index in [0.29, 0.717) is 11.1 Å². The molecular formula is C12H17Cl2N3. The zero-order chi connectivity index (χ0) is 12.6. The Morgan fingerprint density at radius 1 is 1.35 bits per heavy atom. The first-order chi connectivity index (χ1) is 7.91. The third kappa shape index (κ3) is 2.50. The van der Waals surface area contributed by atoms with Crippen molar-refractivity contribution >= 4 is 28.9 Å². The molecule has 0 unspecified atom stereocenters. The first-order valence-corrected chi connectivity index (χ1v) is 6.60. The Balaban J connectivity index is 2.36. The van der Waals surface area contributed by atoms with Crippen molar-refractivity contribution in [2.24, 2.45) is 5.41 Å². The second kappa shape index (κ2) is 4.62.